The Labute approximate surface area is 119 Å². The van der Waals surface area contributed by atoms with Crippen molar-refractivity contribution in [3.63, 3.8) is 0 Å². The number of rotatable bonds is 7. The summed E-state index contributed by atoms with van der Waals surface area (Å²) in [6, 6.07) is -1.43. The zero-order valence-electron chi connectivity index (χ0n) is 10.1. The summed E-state index contributed by atoms with van der Waals surface area (Å²) in [6.07, 6.45) is -5.35. The second-order valence-corrected chi connectivity index (χ2v) is 5.41. The molecule has 0 saturated heterocycles. The topological polar surface area (TPSA) is 242 Å². The van der Waals surface area contributed by atoms with Crippen LogP contribution in [0.15, 0.2) is 0 Å². The van der Waals surface area contributed by atoms with Gasteiger partial charge in [0.15, 0.2) is 0 Å². The molecule has 0 aliphatic heterocycles. The molecule has 0 unspecified atom stereocenters. The van der Waals surface area contributed by atoms with Crippen molar-refractivity contribution in [3.8, 4) is 0 Å². The second kappa shape index (κ2) is 9.30. The van der Waals surface area contributed by atoms with Crippen LogP contribution in [0.25, 0.3) is 0 Å². The highest BCUT2D eigenvalue weighted by Gasteiger charge is 2.30. The van der Waals surface area contributed by atoms with Gasteiger partial charge in [0.1, 0.15) is 24.6 Å². The van der Waals surface area contributed by atoms with Gasteiger partial charge in [-0.1, -0.05) is 0 Å². The molecule has 0 rings (SSSR count). The maximum Gasteiger partial charge on any atom is 0.397 e. The van der Waals surface area contributed by atoms with E-state index < -0.39 is 51.8 Å². The minimum atomic E-state index is -4.76. The van der Waals surface area contributed by atoms with Gasteiger partial charge in [-0.25, -0.2) is 4.18 Å². The van der Waals surface area contributed by atoms with Crippen molar-refractivity contribution in [1.82, 2.24) is 0 Å². The van der Waals surface area contributed by atoms with E-state index in [4.69, 9.17) is 38.0 Å². The molecule has 0 aliphatic carbocycles. The Morgan fingerprint density at radius 2 is 1.38 bits per heavy atom. The molecule has 8 N–H and O–H groups in total. The van der Waals surface area contributed by atoms with Crippen molar-refractivity contribution in [2.45, 2.75) is 24.4 Å². The smallest absolute Gasteiger partial charge is 0.388 e. The average molecular weight is 357 g/mol. The Balaban J connectivity index is 0. The first-order valence-corrected chi connectivity index (χ1v) is 7.52. The van der Waals surface area contributed by atoms with Crippen LogP contribution in [0.2, 0.25) is 0 Å². The normalized spacial score (nSPS) is 17.9. The lowest BCUT2D eigenvalue weighted by molar-refractivity contribution is -0.117. The zero-order chi connectivity index (χ0) is 17.4. The van der Waals surface area contributed by atoms with Crippen LogP contribution in [-0.4, -0.2) is 83.1 Å². The number of aliphatic hydroxyl groups excluding tert-OH is 3. The quantitative estimate of drug-likeness (QED) is 0.169. The lowest BCUT2D eigenvalue weighted by atomic mass is 10.0. The van der Waals surface area contributed by atoms with Crippen molar-refractivity contribution in [3.05, 3.63) is 0 Å². The molecule has 0 fully saturated rings. The Kier molecular flexibility index (Phi) is 9.98. The van der Waals surface area contributed by atoms with Crippen LogP contribution in [0.1, 0.15) is 0 Å². The number of nitrogens with two attached hydrogens (primary N) is 1. The van der Waals surface area contributed by atoms with E-state index in [-0.39, 0.29) is 6.29 Å². The molecule has 128 valence electrons. The van der Waals surface area contributed by atoms with Gasteiger partial charge in [0.05, 0.1) is 12.6 Å². The molecule has 15 heteroatoms. The number of aldehydes is 1. The fraction of sp³-hybridized carbons (Fsp3) is 0.833. The third-order valence-corrected chi connectivity index (χ3v) is 2.12. The van der Waals surface area contributed by atoms with E-state index in [0.717, 1.165) is 0 Å². The van der Waals surface area contributed by atoms with Gasteiger partial charge in [-0.15, -0.1) is 0 Å². The zero-order valence-corrected chi connectivity index (χ0v) is 11.8. The molecule has 0 aromatic rings. The number of hydrogen-bond acceptors (Lipinski definition) is 10. The summed E-state index contributed by atoms with van der Waals surface area (Å²) >= 11 is 0. The molecule has 4 atom stereocenters. The van der Waals surface area contributed by atoms with Gasteiger partial charge >= 0.3 is 20.8 Å². The molecule has 0 amide bonds. The maximum atomic E-state index is 10.1. The molecule has 0 bridgehead atoms. The Bertz CT molecular complexity index is 492. The van der Waals surface area contributed by atoms with Gasteiger partial charge in [-0.2, -0.15) is 16.8 Å². The van der Waals surface area contributed by atoms with Gasteiger partial charge in [0, 0.05) is 0 Å². The number of carbonyl (C=O) groups excluding carboxylic acids is 1. The summed E-state index contributed by atoms with van der Waals surface area (Å²) in [5.41, 5.74) is 5.04. The van der Waals surface area contributed by atoms with Crippen molar-refractivity contribution < 1.29 is 54.8 Å². The van der Waals surface area contributed by atoms with E-state index in [0.29, 0.717) is 0 Å². The largest absolute Gasteiger partial charge is 0.397 e. The first-order chi connectivity index (χ1) is 9.19. The molecule has 0 spiro atoms. The highest BCUT2D eigenvalue weighted by Crippen LogP contribution is 2.04. The summed E-state index contributed by atoms with van der Waals surface area (Å²) in [5.74, 6) is 0. The van der Waals surface area contributed by atoms with Crippen LogP contribution in [0.4, 0.5) is 0 Å². The van der Waals surface area contributed by atoms with E-state index in [1.807, 2.05) is 0 Å². The summed E-state index contributed by atoms with van der Waals surface area (Å²) in [5, 5.41) is 27.5. The summed E-state index contributed by atoms with van der Waals surface area (Å²) in [7, 11) is -9.42. The highest BCUT2D eigenvalue weighted by atomic mass is 32.3. The Hall–Kier alpha value is -0.750. The molecule has 21 heavy (non-hydrogen) atoms. The maximum absolute atomic E-state index is 10.1. The SMILES string of the molecule is N[C@@H](C=O)[C@@H](O)[C@H](O)[C@H](O)COS(=O)(=O)O.O=S(=O)(O)O. The number of hydrogen-bond donors (Lipinski definition) is 7. The lowest BCUT2D eigenvalue weighted by Crippen LogP contribution is -2.50. The first kappa shape index (κ1) is 22.5. The van der Waals surface area contributed by atoms with Crippen LogP contribution in [-0.2, 0) is 29.8 Å². The van der Waals surface area contributed by atoms with Gasteiger partial charge in [0.2, 0.25) is 0 Å². The standard InChI is InChI=1S/C6H13NO8S.H2O4S/c7-3(1-8)5(10)6(11)4(9)2-15-16(12,13)14;1-5(2,3)4/h1,3-6,9-11H,2,7H2,(H,12,13,14);(H2,1,2,3,4)/t3-,4+,5+,6+;/m0./s1. The van der Waals surface area contributed by atoms with Crippen molar-refractivity contribution in [1.29, 1.82) is 0 Å². The summed E-state index contributed by atoms with van der Waals surface area (Å²) < 4.78 is 63.7. The van der Waals surface area contributed by atoms with Crippen molar-refractivity contribution in [2.75, 3.05) is 6.61 Å². The van der Waals surface area contributed by atoms with Crippen LogP contribution >= 0.6 is 0 Å². The summed E-state index contributed by atoms with van der Waals surface area (Å²) in [6.45, 7) is -0.983. The average Bonchev–Trinajstić information content (AvgIpc) is 2.30. The molecule has 0 aromatic heterocycles. The van der Waals surface area contributed by atoms with Gasteiger partial charge in [0.25, 0.3) is 0 Å². The van der Waals surface area contributed by atoms with Crippen LogP contribution < -0.4 is 5.73 Å². The van der Waals surface area contributed by atoms with E-state index >= 15 is 0 Å². The Morgan fingerprint density at radius 3 is 1.67 bits per heavy atom. The molecular weight excluding hydrogens is 342 g/mol. The van der Waals surface area contributed by atoms with Crippen molar-refractivity contribution in [2.24, 2.45) is 5.73 Å². The van der Waals surface area contributed by atoms with E-state index in [1.165, 1.54) is 0 Å². The number of carbonyl (C=O) groups is 1. The molecule has 0 aliphatic rings. The molecule has 0 heterocycles. The summed E-state index contributed by atoms with van der Waals surface area (Å²) in [4.78, 5) is 10.1. The first-order valence-electron chi connectivity index (χ1n) is 4.75. The Morgan fingerprint density at radius 1 is 1.00 bits per heavy atom. The third-order valence-electron chi connectivity index (χ3n) is 1.68. The third kappa shape index (κ3) is 15.5. The number of aliphatic hydroxyl groups is 3. The molecular formula is C6H15NO12S2. The second-order valence-electron chi connectivity index (χ2n) is 3.42. The predicted molar refractivity (Wildman–Crippen MR) is 63.7 cm³/mol. The van der Waals surface area contributed by atoms with E-state index in [2.05, 4.69) is 4.18 Å². The molecule has 0 saturated carbocycles. The van der Waals surface area contributed by atoms with Crippen LogP contribution in [0.3, 0.4) is 0 Å². The van der Waals surface area contributed by atoms with Gasteiger partial charge < -0.3 is 25.8 Å². The highest BCUT2D eigenvalue weighted by molar-refractivity contribution is 7.80. The van der Waals surface area contributed by atoms with E-state index in [1.54, 1.807) is 0 Å². The van der Waals surface area contributed by atoms with E-state index in [9.17, 15) is 18.3 Å². The minimum Gasteiger partial charge on any atom is -0.388 e. The van der Waals surface area contributed by atoms with Gasteiger partial charge in [-0.05, 0) is 0 Å². The fourth-order valence-electron chi connectivity index (χ4n) is 0.790. The molecule has 0 aromatic carbocycles. The molecule has 0 radical (unpaired) electrons. The van der Waals surface area contributed by atoms with Gasteiger partial charge in [-0.3, -0.25) is 13.7 Å². The van der Waals surface area contributed by atoms with Crippen LogP contribution in [0, 0.1) is 0 Å². The monoisotopic (exact) mass is 357 g/mol. The predicted octanol–water partition coefficient (Wildman–Crippen LogP) is -4.24. The van der Waals surface area contributed by atoms with Crippen molar-refractivity contribution >= 4 is 27.1 Å². The fourth-order valence-corrected chi connectivity index (χ4v) is 1.10. The van der Waals surface area contributed by atoms with Crippen LogP contribution in [0.5, 0.6) is 0 Å². The lowest BCUT2D eigenvalue weighted by Gasteiger charge is -2.23. The minimum absolute atomic E-state index is 0.143. The molecule has 13 nitrogen and oxygen atoms in total.